The molecule has 1 aromatic rings. The van der Waals surface area contributed by atoms with E-state index in [4.69, 9.17) is 9.84 Å². The molecule has 88 valence electrons. The second kappa shape index (κ2) is 4.85. The van der Waals surface area contributed by atoms with Crippen LogP contribution in [-0.2, 0) is 6.42 Å². The monoisotopic (exact) mass is 221 g/mol. The van der Waals surface area contributed by atoms with E-state index in [1.165, 1.54) is 5.56 Å². The standard InChI is InChI=1S/C13H19NO2/c1-16-12-4-2-11(3-5-12)6-9-14-13(10-15)7-8-13/h2-5,14-15H,6-10H2,1H3. The summed E-state index contributed by atoms with van der Waals surface area (Å²) in [5.41, 5.74) is 1.34. The summed E-state index contributed by atoms with van der Waals surface area (Å²) < 4.78 is 5.11. The van der Waals surface area contributed by atoms with Gasteiger partial charge in [0.25, 0.3) is 0 Å². The number of methoxy groups -OCH3 is 1. The van der Waals surface area contributed by atoms with Crippen molar-refractivity contribution in [3.8, 4) is 5.75 Å². The molecule has 0 spiro atoms. The Labute approximate surface area is 96.4 Å². The molecule has 2 N–H and O–H groups in total. The lowest BCUT2D eigenvalue weighted by molar-refractivity contribution is 0.231. The molecule has 0 bridgehead atoms. The van der Waals surface area contributed by atoms with Crippen LogP contribution in [0.2, 0.25) is 0 Å². The van der Waals surface area contributed by atoms with E-state index in [0.717, 1.165) is 31.6 Å². The highest BCUT2D eigenvalue weighted by Crippen LogP contribution is 2.34. The molecule has 0 aromatic heterocycles. The summed E-state index contributed by atoms with van der Waals surface area (Å²) in [7, 11) is 1.68. The summed E-state index contributed by atoms with van der Waals surface area (Å²) in [6.45, 7) is 1.18. The summed E-state index contributed by atoms with van der Waals surface area (Å²) in [6.07, 6.45) is 3.20. The first kappa shape index (κ1) is 11.4. The highest BCUT2D eigenvalue weighted by molar-refractivity contribution is 5.27. The van der Waals surface area contributed by atoms with Gasteiger partial charge in [-0.25, -0.2) is 0 Å². The molecule has 0 saturated heterocycles. The van der Waals surface area contributed by atoms with Gasteiger partial charge in [-0.05, 0) is 43.5 Å². The van der Waals surface area contributed by atoms with E-state index in [-0.39, 0.29) is 12.1 Å². The van der Waals surface area contributed by atoms with Gasteiger partial charge in [0.1, 0.15) is 5.75 Å². The first-order valence-corrected chi connectivity index (χ1v) is 5.77. The molecule has 3 nitrogen and oxygen atoms in total. The number of benzene rings is 1. The molecule has 3 heteroatoms. The molecule has 1 saturated carbocycles. The van der Waals surface area contributed by atoms with Gasteiger partial charge >= 0.3 is 0 Å². The van der Waals surface area contributed by atoms with Crippen molar-refractivity contribution in [2.45, 2.75) is 24.8 Å². The van der Waals surface area contributed by atoms with Gasteiger partial charge in [0.2, 0.25) is 0 Å². The van der Waals surface area contributed by atoms with Crippen LogP contribution in [0.15, 0.2) is 24.3 Å². The van der Waals surface area contributed by atoms with Crippen molar-refractivity contribution >= 4 is 0 Å². The molecule has 16 heavy (non-hydrogen) atoms. The molecule has 0 radical (unpaired) electrons. The molecule has 1 aliphatic rings. The molecule has 1 fully saturated rings. The van der Waals surface area contributed by atoms with Crippen molar-refractivity contribution in [1.82, 2.24) is 5.32 Å². The Morgan fingerprint density at radius 3 is 2.50 bits per heavy atom. The third kappa shape index (κ3) is 2.74. The topological polar surface area (TPSA) is 41.5 Å². The van der Waals surface area contributed by atoms with Crippen molar-refractivity contribution in [3.05, 3.63) is 29.8 Å². The van der Waals surface area contributed by atoms with E-state index in [1.807, 2.05) is 12.1 Å². The number of aliphatic hydroxyl groups excluding tert-OH is 1. The fraction of sp³-hybridized carbons (Fsp3) is 0.538. The number of aliphatic hydroxyl groups is 1. The number of hydrogen-bond donors (Lipinski definition) is 2. The van der Waals surface area contributed by atoms with Crippen molar-refractivity contribution in [2.75, 3.05) is 20.3 Å². The minimum atomic E-state index is 0.0481. The van der Waals surface area contributed by atoms with E-state index in [2.05, 4.69) is 17.4 Å². The van der Waals surface area contributed by atoms with Crippen LogP contribution in [-0.4, -0.2) is 30.9 Å². The number of ether oxygens (including phenoxy) is 1. The van der Waals surface area contributed by atoms with Gasteiger partial charge in [-0.2, -0.15) is 0 Å². The Bertz CT molecular complexity index is 330. The summed E-state index contributed by atoms with van der Waals surface area (Å²) in [6, 6.07) is 8.13. The summed E-state index contributed by atoms with van der Waals surface area (Å²) in [4.78, 5) is 0. The molecule has 0 amide bonds. The van der Waals surface area contributed by atoms with Crippen LogP contribution in [0.4, 0.5) is 0 Å². The third-order valence-electron chi connectivity index (χ3n) is 3.23. The second-order valence-electron chi connectivity index (χ2n) is 4.46. The normalized spacial score (nSPS) is 17.1. The van der Waals surface area contributed by atoms with Crippen molar-refractivity contribution in [2.24, 2.45) is 0 Å². The Hall–Kier alpha value is -1.06. The maximum atomic E-state index is 9.14. The lowest BCUT2D eigenvalue weighted by Crippen LogP contribution is -2.36. The average Bonchev–Trinajstić information content (AvgIpc) is 3.11. The van der Waals surface area contributed by atoms with Crippen LogP contribution in [0.5, 0.6) is 5.75 Å². The largest absolute Gasteiger partial charge is 0.497 e. The Kier molecular flexibility index (Phi) is 3.46. The van der Waals surface area contributed by atoms with Crippen molar-refractivity contribution < 1.29 is 9.84 Å². The van der Waals surface area contributed by atoms with E-state index in [1.54, 1.807) is 7.11 Å². The third-order valence-corrected chi connectivity index (χ3v) is 3.23. The highest BCUT2D eigenvalue weighted by atomic mass is 16.5. The van der Waals surface area contributed by atoms with Crippen LogP contribution < -0.4 is 10.1 Å². The maximum absolute atomic E-state index is 9.14. The first-order chi connectivity index (χ1) is 7.78. The Morgan fingerprint density at radius 1 is 1.31 bits per heavy atom. The van der Waals surface area contributed by atoms with Crippen LogP contribution in [0.1, 0.15) is 18.4 Å². The molecular formula is C13H19NO2. The average molecular weight is 221 g/mol. The maximum Gasteiger partial charge on any atom is 0.118 e. The lowest BCUT2D eigenvalue weighted by Gasteiger charge is -2.13. The zero-order valence-corrected chi connectivity index (χ0v) is 9.70. The van der Waals surface area contributed by atoms with Crippen LogP contribution >= 0.6 is 0 Å². The van der Waals surface area contributed by atoms with E-state index >= 15 is 0 Å². The van der Waals surface area contributed by atoms with Crippen molar-refractivity contribution in [3.63, 3.8) is 0 Å². The molecule has 1 aromatic carbocycles. The number of rotatable bonds is 6. The minimum Gasteiger partial charge on any atom is -0.497 e. The quantitative estimate of drug-likeness (QED) is 0.762. The fourth-order valence-corrected chi connectivity index (χ4v) is 1.81. The van der Waals surface area contributed by atoms with Crippen LogP contribution in [0, 0.1) is 0 Å². The fourth-order valence-electron chi connectivity index (χ4n) is 1.81. The second-order valence-corrected chi connectivity index (χ2v) is 4.46. The van der Waals surface area contributed by atoms with E-state index < -0.39 is 0 Å². The van der Waals surface area contributed by atoms with Gasteiger partial charge in [-0.15, -0.1) is 0 Å². The zero-order chi connectivity index (χ0) is 11.4. The van der Waals surface area contributed by atoms with E-state index in [9.17, 15) is 0 Å². The Morgan fingerprint density at radius 2 is 2.00 bits per heavy atom. The van der Waals surface area contributed by atoms with Gasteiger partial charge in [-0.3, -0.25) is 0 Å². The summed E-state index contributed by atoms with van der Waals surface area (Å²) >= 11 is 0. The molecule has 1 aliphatic carbocycles. The smallest absolute Gasteiger partial charge is 0.118 e. The van der Waals surface area contributed by atoms with Crippen molar-refractivity contribution in [1.29, 1.82) is 0 Å². The van der Waals surface area contributed by atoms with Gasteiger partial charge < -0.3 is 15.2 Å². The minimum absolute atomic E-state index is 0.0481. The van der Waals surface area contributed by atoms with Gasteiger partial charge in [0.05, 0.1) is 13.7 Å². The van der Waals surface area contributed by atoms with Crippen LogP contribution in [0.25, 0.3) is 0 Å². The number of hydrogen-bond acceptors (Lipinski definition) is 3. The lowest BCUT2D eigenvalue weighted by atomic mass is 10.1. The highest BCUT2D eigenvalue weighted by Gasteiger charge is 2.41. The summed E-state index contributed by atoms with van der Waals surface area (Å²) in [5, 5.41) is 12.6. The zero-order valence-electron chi connectivity index (χ0n) is 9.70. The molecular weight excluding hydrogens is 202 g/mol. The number of nitrogens with one attached hydrogen (secondary N) is 1. The van der Waals surface area contributed by atoms with Crippen LogP contribution in [0.3, 0.4) is 0 Å². The van der Waals surface area contributed by atoms with E-state index in [0.29, 0.717) is 0 Å². The van der Waals surface area contributed by atoms with Gasteiger partial charge in [-0.1, -0.05) is 12.1 Å². The predicted molar refractivity (Wildman–Crippen MR) is 63.8 cm³/mol. The predicted octanol–water partition coefficient (Wildman–Crippen LogP) is 1.35. The van der Waals surface area contributed by atoms with Gasteiger partial charge in [0, 0.05) is 5.54 Å². The van der Waals surface area contributed by atoms with Gasteiger partial charge in [0.15, 0.2) is 0 Å². The molecule has 0 unspecified atom stereocenters. The molecule has 0 atom stereocenters. The Balaban J connectivity index is 1.76. The molecule has 2 rings (SSSR count). The SMILES string of the molecule is COc1ccc(CCNC2(CO)CC2)cc1. The molecule has 0 heterocycles. The first-order valence-electron chi connectivity index (χ1n) is 5.77. The molecule has 0 aliphatic heterocycles. The summed E-state index contributed by atoms with van der Waals surface area (Å²) in [5.74, 6) is 0.894.